The summed E-state index contributed by atoms with van der Waals surface area (Å²) in [5.74, 6) is 0. The van der Waals surface area contributed by atoms with Crippen molar-refractivity contribution in [2.24, 2.45) is 10.8 Å². The molecule has 0 amide bonds. The van der Waals surface area contributed by atoms with Crippen molar-refractivity contribution in [3.8, 4) is 11.1 Å². The molecule has 2 aliphatic carbocycles. The molecule has 5 aromatic carbocycles. The molecule has 3 heterocycles. The minimum absolute atomic E-state index is 0.0912. The topological polar surface area (TPSA) is 6.48 Å². The predicted molar refractivity (Wildman–Crippen MR) is 236 cm³/mol. The summed E-state index contributed by atoms with van der Waals surface area (Å²) in [4.78, 5) is 5.55. The van der Waals surface area contributed by atoms with Gasteiger partial charge >= 0.3 is 6.85 Å². The number of allylic oxidation sites excluding steroid dienone is 2. The van der Waals surface area contributed by atoms with Crippen molar-refractivity contribution in [2.45, 2.75) is 105 Å². The van der Waals surface area contributed by atoms with E-state index >= 15 is 0 Å². The second-order valence-electron chi connectivity index (χ2n) is 19.0. The highest BCUT2D eigenvalue weighted by molar-refractivity contribution is 6.92. The number of hydrogen-bond acceptors (Lipinski definition) is 2. The maximum Gasteiger partial charge on any atom is 0.328 e. The molecule has 3 aliphatic heterocycles. The van der Waals surface area contributed by atoms with Crippen LogP contribution >= 0.6 is 0 Å². The molecule has 0 saturated carbocycles. The van der Waals surface area contributed by atoms with Gasteiger partial charge in [0.15, 0.2) is 0 Å². The normalized spacial score (nSPS) is 20.5. The maximum absolute atomic E-state index is 2.87. The van der Waals surface area contributed by atoms with Crippen molar-refractivity contribution < 1.29 is 0 Å². The van der Waals surface area contributed by atoms with Crippen LogP contribution in [0.5, 0.6) is 0 Å². The van der Waals surface area contributed by atoms with Crippen LogP contribution in [0.15, 0.2) is 126 Å². The van der Waals surface area contributed by atoms with E-state index < -0.39 is 0 Å². The fourth-order valence-corrected chi connectivity index (χ4v) is 11.2. The summed E-state index contributed by atoms with van der Waals surface area (Å²) < 4.78 is 0. The van der Waals surface area contributed by atoms with Gasteiger partial charge in [-0.25, -0.2) is 0 Å². The van der Waals surface area contributed by atoms with Crippen LogP contribution in [0.4, 0.5) is 22.7 Å². The lowest BCUT2D eigenvalue weighted by Gasteiger charge is -2.55. The highest BCUT2D eigenvalue weighted by Crippen LogP contribution is 2.58. The van der Waals surface area contributed by atoms with E-state index in [1.54, 1.807) is 11.1 Å². The van der Waals surface area contributed by atoms with Crippen LogP contribution in [0.1, 0.15) is 109 Å². The number of rotatable bonds is 6. The van der Waals surface area contributed by atoms with Gasteiger partial charge in [0.2, 0.25) is 0 Å². The first-order chi connectivity index (χ1) is 26.5. The van der Waals surface area contributed by atoms with Crippen molar-refractivity contribution in [3.63, 3.8) is 0 Å². The smallest absolute Gasteiger partial charge is 0.328 e. The van der Waals surface area contributed by atoms with Crippen LogP contribution < -0.4 is 20.6 Å². The fourth-order valence-electron chi connectivity index (χ4n) is 11.2. The highest BCUT2D eigenvalue weighted by atomic mass is 15.2. The standard InChI is InChI=1S/C52H55BN2/c1-8-9-11-17-34-30-39-38-32-42-43(51(4,5)29-28-50(42,2)3)33-46(38)55(37-26-24-36(25-27-37)35-18-12-10-13-19-35)53-44-22-16-21-41-49(44)54(47(31-34)48(39)53)45-23-15-14-20-40(45)52(41,6)7/h10,12-16,18-27,30-32,46H,8-9,11,17,28-29,33H2,1-7H3. The van der Waals surface area contributed by atoms with Crippen molar-refractivity contribution in [2.75, 3.05) is 9.71 Å². The van der Waals surface area contributed by atoms with Gasteiger partial charge in [-0.3, -0.25) is 0 Å². The number of unbranched alkanes of at least 4 members (excludes halogenated alkanes) is 2. The Labute approximate surface area is 330 Å². The monoisotopic (exact) mass is 718 g/mol. The minimum atomic E-state index is -0.123. The number of para-hydroxylation sites is 2. The van der Waals surface area contributed by atoms with Gasteiger partial charge in [0.05, 0.1) is 5.69 Å². The molecule has 2 nitrogen and oxygen atoms in total. The number of aryl methyl sites for hydroxylation is 1. The second-order valence-corrected chi connectivity index (χ2v) is 19.0. The Morgan fingerprint density at radius 2 is 1.40 bits per heavy atom. The van der Waals surface area contributed by atoms with Gasteiger partial charge < -0.3 is 9.71 Å². The number of anilines is 4. The SMILES string of the molecule is CCCCCc1cc2c3c(c1)N1c4ccccc4C(C)(C)c4cccc(c41)B3N(c1ccc(-c3ccccc3)cc1)C1CC3=C(C=C21)C(C)(C)CCC3(C)C. The summed E-state index contributed by atoms with van der Waals surface area (Å²) in [6, 6.07) is 42.3. The first-order valence-corrected chi connectivity index (χ1v) is 21.1. The van der Waals surface area contributed by atoms with E-state index in [0.29, 0.717) is 0 Å². The number of hydrogen-bond donors (Lipinski definition) is 0. The molecule has 10 rings (SSSR count). The lowest BCUT2D eigenvalue weighted by Crippen LogP contribution is -2.68. The van der Waals surface area contributed by atoms with Gasteiger partial charge in [-0.2, -0.15) is 0 Å². The third-order valence-electron chi connectivity index (χ3n) is 14.4. The minimum Gasteiger partial charge on any atom is -0.400 e. The first-order valence-electron chi connectivity index (χ1n) is 21.1. The average molecular weight is 719 g/mol. The number of nitrogens with zero attached hydrogens (tertiary/aromatic N) is 2. The molecule has 0 saturated heterocycles. The van der Waals surface area contributed by atoms with Crippen LogP contribution in [0, 0.1) is 10.8 Å². The highest BCUT2D eigenvalue weighted by Gasteiger charge is 2.53. The van der Waals surface area contributed by atoms with E-state index in [0.717, 1.165) is 12.8 Å². The Kier molecular flexibility index (Phi) is 7.81. The molecule has 1 unspecified atom stereocenters. The van der Waals surface area contributed by atoms with Crippen molar-refractivity contribution in [3.05, 3.63) is 149 Å². The zero-order valence-corrected chi connectivity index (χ0v) is 34.0. The number of benzene rings is 5. The zero-order valence-electron chi connectivity index (χ0n) is 34.0. The van der Waals surface area contributed by atoms with Gasteiger partial charge in [0, 0.05) is 28.5 Å². The van der Waals surface area contributed by atoms with Gasteiger partial charge in [0.25, 0.3) is 0 Å². The molecule has 0 spiro atoms. The van der Waals surface area contributed by atoms with Crippen LogP contribution in [0.2, 0.25) is 0 Å². The van der Waals surface area contributed by atoms with Gasteiger partial charge in [-0.15, -0.1) is 0 Å². The van der Waals surface area contributed by atoms with Crippen LogP contribution in [0.3, 0.4) is 0 Å². The van der Waals surface area contributed by atoms with E-state index in [-0.39, 0.29) is 29.1 Å². The number of fused-ring (bicyclic) bond motifs is 6. The molecular weight excluding hydrogens is 663 g/mol. The van der Waals surface area contributed by atoms with Gasteiger partial charge in [0.1, 0.15) is 0 Å². The van der Waals surface area contributed by atoms with Crippen LogP contribution in [0.25, 0.3) is 16.7 Å². The van der Waals surface area contributed by atoms with E-state index in [1.807, 2.05) is 0 Å². The molecule has 55 heavy (non-hydrogen) atoms. The third kappa shape index (κ3) is 5.14. The average Bonchev–Trinajstić information content (AvgIpc) is 3.19. The summed E-state index contributed by atoms with van der Waals surface area (Å²) >= 11 is 0. The Bertz CT molecular complexity index is 2410. The van der Waals surface area contributed by atoms with E-state index in [1.165, 1.54) is 105 Å². The van der Waals surface area contributed by atoms with Crippen LogP contribution in [-0.2, 0) is 11.8 Å². The lowest BCUT2D eigenvalue weighted by atomic mass is 9.41. The summed E-state index contributed by atoms with van der Waals surface area (Å²) in [5.41, 5.74) is 21.7. The summed E-state index contributed by atoms with van der Waals surface area (Å²) in [5, 5.41) is 0. The Balaban J connectivity index is 1.28. The summed E-state index contributed by atoms with van der Waals surface area (Å²) in [6.07, 6.45) is 11.1. The van der Waals surface area contributed by atoms with Gasteiger partial charge in [-0.05, 0) is 123 Å². The lowest BCUT2D eigenvalue weighted by molar-refractivity contribution is 0.257. The molecule has 5 aromatic rings. The zero-order chi connectivity index (χ0) is 37.9. The van der Waals surface area contributed by atoms with E-state index in [2.05, 4.69) is 173 Å². The summed E-state index contributed by atoms with van der Waals surface area (Å²) in [6.45, 7) is 17.3. The molecule has 3 heteroatoms. The maximum atomic E-state index is 2.87. The first kappa shape index (κ1) is 34.7. The Morgan fingerprint density at radius 1 is 0.691 bits per heavy atom. The fraction of sp³-hybridized carbons (Fsp3) is 0.346. The molecule has 0 fully saturated rings. The van der Waals surface area contributed by atoms with Crippen molar-refractivity contribution in [1.82, 2.24) is 0 Å². The molecule has 0 N–H and O–H groups in total. The molecule has 276 valence electrons. The Morgan fingerprint density at radius 3 is 2.18 bits per heavy atom. The molecule has 0 radical (unpaired) electrons. The van der Waals surface area contributed by atoms with Crippen molar-refractivity contribution in [1.29, 1.82) is 0 Å². The van der Waals surface area contributed by atoms with Crippen molar-refractivity contribution >= 4 is 46.1 Å². The third-order valence-corrected chi connectivity index (χ3v) is 14.4. The molecular formula is C52H55BN2. The van der Waals surface area contributed by atoms with E-state index in [9.17, 15) is 0 Å². The Hall–Kier alpha value is -4.76. The molecule has 0 aromatic heterocycles. The second kappa shape index (κ2) is 12.4. The quantitative estimate of drug-likeness (QED) is 0.127. The predicted octanol–water partition coefficient (Wildman–Crippen LogP) is 12.4. The largest absolute Gasteiger partial charge is 0.400 e. The van der Waals surface area contributed by atoms with Gasteiger partial charge in [-0.1, -0.05) is 158 Å². The van der Waals surface area contributed by atoms with E-state index in [4.69, 9.17) is 0 Å². The molecule has 1 atom stereocenters. The summed E-state index contributed by atoms with van der Waals surface area (Å²) in [7, 11) is 0. The van der Waals surface area contributed by atoms with Crippen LogP contribution in [-0.4, -0.2) is 12.9 Å². The molecule has 0 bridgehead atoms. The molecule has 5 aliphatic rings.